The fourth-order valence-corrected chi connectivity index (χ4v) is 8.69. The highest BCUT2D eigenvalue weighted by molar-refractivity contribution is 14.1. The highest BCUT2D eigenvalue weighted by Gasteiger charge is 2.24. The molecule has 0 aliphatic carbocycles. The number of benzene rings is 3. The van der Waals surface area contributed by atoms with Crippen LogP contribution in [-0.4, -0.2) is 296 Å². The van der Waals surface area contributed by atoms with Gasteiger partial charge in [0.15, 0.2) is 0 Å². The molecule has 3 aromatic carbocycles. The zero-order valence-corrected chi connectivity index (χ0v) is 60.4. The molecule has 0 fully saturated rings. The maximum absolute atomic E-state index is 7.06. The predicted molar refractivity (Wildman–Crippen MR) is 366 cm³/mol. The quantitative estimate of drug-likeness (QED) is 0.0385. The molecule has 23 nitrogen and oxygen atoms in total. The number of hydrogen-bond donors (Lipinski definition) is 0. The normalized spacial score (nSPS) is 13.3. The van der Waals surface area contributed by atoms with E-state index in [2.05, 4.69) is 112 Å². The zero-order chi connectivity index (χ0) is 66.2. The van der Waals surface area contributed by atoms with Gasteiger partial charge in [-0.25, -0.2) is 0 Å². The van der Waals surface area contributed by atoms with Gasteiger partial charge in [0.2, 0.25) is 0 Å². The van der Waals surface area contributed by atoms with E-state index < -0.39 is 18.3 Å². The first kappa shape index (κ1) is 84.3. The Morgan fingerprint density at radius 3 is 0.728 bits per heavy atom. The van der Waals surface area contributed by atoms with Crippen molar-refractivity contribution in [2.45, 2.75) is 70.4 Å². The van der Waals surface area contributed by atoms with E-state index >= 15 is 0 Å². The Balaban J connectivity index is 1.85. The highest BCUT2D eigenvalue weighted by Crippen LogP contribution is 2.33. The summed E-state index contributed by atoms with van der Waals surface area (Å²) >= 11 is 4.65. The number of rotatable bonds is 66. The van der Waals surface area contributed by atoms with E-state index in [1.54, 1.807) is 28.4 Å². The molecular formula is C67H110I2O23. The summed E-state index contributed by atoms with van der Waals surface area (Å²) in [6.45, 7) is 21.4. The predicted octanol–water partition coefficient (Wildman–Crippen LogP) is 8.15. The molecule has 0 saturated heterocycles. The van der Waals surface area contributed by atoms with E-state index in [1.807, 2.05) is 27.7 Å². The van der Waals surface area contributed by atoms with Gasteiger partial charge in [-0.2, -0.15) is 0 Å². The molecule has 3 rings (SSSR count). The second-order valence-corrected chi connectivity index (χ2v) is 23.6. The topological polar surface area (TPSA) is 212 Å². The molecule has 0 heterocycles. The number of ether oxygens (including phenoxy) is 23. The lowest BCUT2D eigenvalue weighted by molar-refractivity contribution is -0.136. The minimum atomic E-state index is -0.661. The zero-order valence-electron chi connectivity index (χ0n) is 56.1. The van der Waals surface area contributed by atoms with Gasteiger partial charge >= 0.3 is 0 Å². The van der Waals surface area contributed by atoms with Gasteiger partial charge in [0.1, 0.15) is 24.1 Å². The Kier molecular flexibility index (Phi) is 54.2. The van der Waals surface area contributed by atoms with Crippen molar-refractivity contribution in [1.82, 2.24) is 0 Å². The molecule has 0 aliphatic rings. The van der Waals surface area contributed by atoms with Gasteiger partial charge in [0, 0.05) is 35.6 Å². The Hall–Kier alpha value is -1.96. The fourth-order valence-electron chi connectivity index (χ4n) is 7.97. The van der Waals surface area contributed by atoms with Gasteiger partial charge in [-0.1, -0.05) is 24.3 Å². The highest BCUT2D eigenvalue weighted by atomic mass is 127. The van der Waals surface area contributed by atoms with Crippen molar-refractivity contribution in [2.75, 3.05) is 253 Å². The molecule has 0 radical (unpaired) electrons. The first-order chi connectivity index (χ1) is 45.0. The first-order valence-corrected chi connectivity index (χ1v) is 34.1. The molecule has 0 saturated carbocycles. The number of halogens is 2. The Labute approximate surface area is 576 Å². The molecule has 530 valence electrons. The van der Waals surface area contributed by atoms with Gasteiger partial charge in [0.25, 0.3) is 0 Å². The molecule has 0 unspecified atom stereocenters. The maximum atomic E-state index is 7.06. The molecule has 0 aliphatic heterocycles. The largest absolute Gasteiger partial charge is 0.486 e. The van der Waals surface area contributed by atoms with Crippen molar-refractivity contribution in [3.63, 3.8) is 0 Å². The lowest BCUT2D eigenvalue weighted by Crippen LogP contribution is -2.39. The summed E-state index contributed by atoms with van der Waals surface area (Å²) in [5, 5.41) is 0. The lowest BCUT2D eigenvalue weighted by atomic mass is 9.98. The van der Waals surface area contributed by atoms with E-state index in [0.29, 0.717) is 191 Å². The first-order valence-electron chi connectivity index (χ1n) is 31.9. The van der Waals surface area contributed by atoms with Crippen LogP contribution in [0.3, 0.4) is 0 Å². The molecule has 4 atom stereocenters. The third kappa shape index (κ3) is 46.3. The monoisotopic (exact) mass is 1540 g/mol. The van der Waals surface area contributed by atoms with Crippen LogP contribution in [0.4, 0.5) is 0 Å². The van der Waals surface area contributed by atoms with E-state index in [-0.39, 0.29) is 64.1 Å². The van der Waals surface area contributed by atoms with E-state index in [1.165, 1.54) is 0 Å². The Bertz CT molecular complexity index is 1900. The SMILES string of the molecule is COCCOCCOCCOC[C@H](C)OCC(CO[C@@H](C)COCCOCCOCCOC)OCC(COC(CO[C@@H](C)COCCOCCOCCOC)CO[C@@H](C)COCCOCCOCCOC)Oc1cc(-c2ccc(I)cc2)cc(-c2ccc(I)cc2)c1. The fraction of sp³-hybridized carbons (Fsp3) is 0.731. The van der Waals surface area contributed by atoms with Crippen LogP contribution in [0.5, 0.6) is 5.75 Å². The molecule has 0 aromatic heterocycles. The van der Waals surface area contributed by atoms with E-state index in [9.17, 15) is 0 Å². The summed E-state index contributed by atoms with van der Waals surface area (Å²) in [5.74, 6) is 0.628. The van der Waals surface area contributed by atoms with Crippen LogP contribution in [0.15, 0.2) is 66.7 Å². The van der Waals surface area contributed by atoms with Crippen LogP contribution in [0, 0.1) is 7.14 Å². The van der Waals surface area contributed by atoms with Crippen molar-refractivity contribution >= 4 is 45.2 Å². The molecule has 3 aromatic rings. The van der Waals surface area contributed by atoms with Crippen molar-refractivity contribution in [2.24, 2.45) is 0 Å². The van der Waals surface area contributed by atoms with Crippen LogP contribution in [0.1, 0.15) is 27.7 Å². The maximum Gasteiger partial charge on any atom is 0.145 e. The summed E-state index contributed by atoms with van der Waals surface area (Å²) < 4.78 is 137. The average Bonchev–Trinajstić information content (AvgIpc) is 0.860. The molecule has 0 spiro atoms. The van der Waals surface area contributed by atoms with Crippen LogP contribution in [0.2, 0.25) is 0 Å². The van der Waals surface area contributed by atoms with Crippen molar-refractivity contribution in [3.8, 4) is 28.0 Å². The van der Waals surface area contributed by atoms with Crippen molar-refractivity contribution < 1.29 is 109 Å². The minimum Gasteiger partial charge on any atom is -0.486 e. The standard InChI is InChI=1S/C67H110I2O23/c1-54(44-82-37-33-78-29-25-74-21-17-70-5)86-48-65(49-87-55(2)45-83-38-34-79-30-26-75-22-18-71-6)90-52-67(92-64-42-60(58-9-13-62(68)14-10-58)41-61(43-64)59-11-15-63(69)16-12-59)53-91-66(50-88-56(3)46-84-39-35-80-31-27-76-23-19-72-7)51-89-57(4)47-85-40-36-81-32-28-77-24-20-73-8/h9-16,41-43,54-57,65-67H,17-40,44-53H2,1-8H3/t54-,55-,56-,57-/m0/s1. The van der Waals surface area contributed by atoms with Crippen LogP contribution >= 0.6 is 45.2 Å². The van der Waals surface area contributed by atoms with Crippen molar-refractivity contribution in [3.05, 3.63) is 73.9 Å². The summed E-state index contributed by atoms with van der Waals surface area (Å²) in [7, 11) is 6.57. The number of hydrogen-bond acceptors (Lipinski definition) is 23. The summed E-state index contributed by atoms with van der Waals surface area (Å²) in [4.78, 5) is 0. The molecule has 0 amide bonds. The van der Waals surface area contributed by atoms with Gasteiger partial charge < -0.3 is 109 Å². The summed E-state index contributed by atoms with van der Waals surface area (Å²) in [6, 6.07) is 23.2. The molecular weight excluding hydrogens is 1430 g/mol. The average molecular weight is 1540 g/mol. The van der Waals surface area contributed by atoms with E-state index in [0.717, 1.165) is 29.4 Å². The van der Waals surface area contributed by atoms with Gasteiger partial charge in [-0.05, 0) is 138 Å². The molecule has 0 N–H and O–H groups in total. The van der Waals surface area contributed by atoms with Gasteiger partial charge in [-0.15, -0.1) is 0 Å². The van der Waals surface area contributed by atoms with Crippen molar-refractivity contribution in [1.29, 1.82) is 0 Å². The lowest BCUT2D eigenvalue weighted by Gasteiger charge is -2.28. The second-order valence-electron chi connectivity index (χ2n) is 21.2. The molecule has 25 heteroatoms. The van der Waals surface area contributed by atoms with Crippen LogP contribution in [0.25, 0.3) is 22.3 Å². The summed E-state index contributed by atoms with van der Waals surface area (Å²) in [6.07, 6.45) is -2.86. The smallest absolute Gasteiger partial charge is 0.145 e. The van der Waals surface area contributed by atoms with Crippen LogP contribution in [-0.2, 0) is 104 Å². The second kappa shape index (κ2) is 59.1. The summed E-state index contributed by atoms with van der Waals surface area (Å²) in [5.41, 5.74) is 4.06. The van der Waals surface area contributed by atoms with Crippen LogP contribution < -0.4 is 4.74 Å². The minimum absolute atomic E-state index is 0.0877. The van der Waals surface area contributed by atoms with Gasteiger partial charge in [-0.3, -0.25) is 0 Å². The Morgan fingerprint density at radius 1 is 0.250 bits per heavy atom. The molecule has 92 heavy (non-hydrogen) atoms. The number of methoxy groups -OCH3 is 4. The third-order valence-electron chi connectivity index (χ3n) is 13.0. The van der Waals surface area contributed by atoms with E-state index in [4.69, 9.17) is 109 Å². The van der Waals surface area contributed by atoms with Gasteiger partial charge in [0.05, 0.1) is 249 Å². The molecule has 0 bridgehead atoms. The Morgan fingerprint density at radius 2 is 0.478 bits per heavy atom. The third-order valence-corrected chi connectivity index (χ3v) is 14.4.